The second-order valence-electron chi connectivity index (χ2n) is 6.68. The lowest BCUT2D eigenvalue weighted by atomic mass is 9.96. The van der Waals surface area contributed by atoms with Crippen molar-refractivity contribution >= 4 is 28.9 Å². The fraction of sp³-hybridized carbons (Fsp3) is 0.625. The molecule has 0 radical (unpaired) electrons. The van der Waals surface area contributed by atoms with Gasteiger partial charge in [0.25, 0.3) is 11.8 Å². The van der Waals surface area contributed by atoms with E-state index >= 15 is 0 Å². The van der Waals surface area contributed by atoms with Gasteiger partial charge in [-0.15, -0.1) is 11.3 Å². The van der Waals surface area contributed by atoms with E-state index in [1.54, 1.807) is 15.8 Å². The van der Waals surface area contributed by atoms with E-state index in [9.17, 15) is 9.59 Å². The Morgan fingerprint density at radius 3 is 3.16 bits per heavy atom. The van der Waals surface area contributed by atoms with E-state index in [2.05, 4.69) is 15.5 Å². The average molecular weight is 364 g/mol. The van der Waals surface area contributed by atoms with Gasteiger partial charge in [0.2, 0.25) is 0 Å². The van der Waals surface area contributed by atoms with E-state index in [0.29, 0.717) is 43.9 Å². The summed E-state index contributed by atoms with van der Waals surface area (Å²) in [7, 11) is 0. The van der Waals surface area contributed by atoms with Crippen molar-refractivity contribution in [3.63, 3.8) is 0 Å². The number of oxime groups is 1. The van der Waals surface area contributed by atoms with Crippen LogP contribution in [0.4, 0.5) is 0 Å². The van der Waals surface area contributed by atoms with Crippen LogP contribution >= 0.6 is 11.3 Å². The van der Waals surface area contributed by atoms with Gasteiger partial charge in [0.05, 0.1) is 18.2 Å². The molecule has 3 aliphatic heterocycles. The molecule has 0 aromatic carbocycles. The third-order valence-corrected chi connectivity index (χ3v) is 5.46. The molecule has 0 bridgehead atoms. The highest BCUT2D eigenvalue weighted by atomic mass is 32.1. The van der Waals surface area contributed by atoms with E-state index < -0.39 is 5.60 Å². The van der Waals surface area contributed by atoms with Crippen LogP contribution in [0.25, 0.3) is 0 Å². The highest BCUT2D eigenvalue weighted by Gasteiger charge is 2.48. The molecule has 25 heavy (non-hydrogen) atoms. The Bertz CT molecular complexity index is 686. The van der Waals surface area contributed by atoms with Gasteiger partial charge in [-0.1, -0.05) is 5.16 Å². The molecule has 0 saturated carbocycles. The van der Waals surface area contributed by atoms with Gasteiger partial charge in [-0.25, -0.2) is 4.98 Å². The fourth-order valence-electron chi connectivity index (χ4n) is 3.47. The Morgan fingerprint density at radius 2 is 2.40 bits per heavy atom. The molecule has 2 unspecified atom stereocenters. The molecule has 1 aromatic heterocycles. The van der Waals surface area contributed by atoms with Crippen molar-refractivity contribution < 1.29 is 19.2 Å². The van der Waals surface area contributed by atoms with E-state index in [4.69, 9.17) is 9.57 Å². The highest BCUT2D eigenvalue weighted by Crippen LogP contribution is 2.34. The lowest BCUT2D eigenvalue weighted by Gasteiger charge is -2.21. The molecule has 8 nitrogen and oxygen atoms in total. The minimum absolute atomic E-state index is 0.0959. The first-order valence-electron chi connectivity index (χ1n) is 8.48. The van der Waals surface area contributed by atoms with E-state index in [1.165, 1.54) is 11.3 Å². The second-order valence-corrected chi connectivity index (χ2v) is 7.40. The van der Waals surface area contributed by atoms with Gasteiger partial charge >= 0.3 is 0 Å². The first-order chi connectivity index (χ1) is 12.2. The minimum atomic E-state index is -0.581. The number of nitrogens with zero attached hydrogens (tertiary/aromatic N) is 3. The van der Waals surface area contributed by atoms with Crippen molar-refractivity contribution in [2.24, 2.45) is 5.16 Å². The molecule has 0 aliphatic carbocycles. The third-order valence-electron chi connectivity index (χ3n) is 4.87. The largest absolute Gasteiger partial charge is 0.386 e. The first-order valence-corrected chi connectivity index (χ1v) is 9.42. The van der Waals surface area contributed by atoms with E-state index in [1.807, 2.05) is 0 Å². The van der Waals surface area contributed by atoms with Crippen molar-refractivity contribution in [2.75, 3.05) is 26.2 Å². The Kier molecular flexibility index (Phi) is 4.43. The third kappa shape index (κ3) is 3.38. The lowest BCUT2D eigenvalue weighted by Crippen LogP contribution is -2.40. The number of amides is 2. The van der Waals surface area contributed by atoms with Crippen LogP contribution in [-0.4, -0.2) is 65.4 Å². The Morgan fingerprint density at radius 1 is 1.48 bits per heavy atom. The number of carbonyl (C=O) groups is 2. The van der Waals surface area contributed by atoms with Crippen LogP contribution in [0.15, 0.2) is 16.0 Å². The van der Waals surface area contributed by atoms with E-state index in [-0.39, 0.29) is 17.9 Å². The number of thiazole rings is 1. The molecule has 3 aliphatic rings. The van der Waals surface area contributed by atoms with Gasteiger partial charge in [-0.05, 0) is 12.8 Å². The molecule has 9 heteroatoms. The average Bonchev–Trinajstić information content (AvgIpc) is 3.41. The smallest absolute Gasteiger partial charge is 0.273 e. The van der Waals surface area contributed by atoms with Gasteiger partial charge in [-0.2, -0.15) is 0 Å². The SMILES string of the molecule is O=C(NCC1CCCO1)C1=NOC2(CCN(C(=O)c3cscn3)C2)C1. The molecule has 2 saturated heterocycles. The second kappa shape index (κ2) is 6.72. The van der Waals surface area contributed by atoms with Crippen molar-refractivity contribution in [2.45, 2.75) is 37.4 Å². The maximum atomic E-state index is 12.4. The summed E-state index contributed by atoms with van der Waals surface area (Å²) in [5.74, 6) is -0.310. The first kappa shape index (κ1) is 16.5. The topological polar surface area (TPSA) is 93.1 Å². The van der Waals surface area contributed by atoms with Gasteiger partial charge in [-0.3, -0.25) is 9.59 Å². The number of nitrogens with one attached hydrogen (secondary N) is 1. The lowest BCUT2D eigenvalue weighted by molar-refractivity contribution is -0.115. The molecule has 4 rings (SSSR count). The van der Waals surface area contributed by atoms with Crippen molar-refractivity contribution in [1.29, 1.82) is 0 Å². The normalized spacial score (nSPS) is 28.2. The molecule has 1 spiro atoms. The molecule has 1 aromatic rings. The predicted octanol–water partition coefficient (Wildman–Crippen LogP) is 0.799. The summed E-state index contributed by atoms with van der Waals surface area (Å²) in [5, 5.41) is 8.59. The summed E-state index contributed by atoms with van der Waals surface area (Å²) < 4.78 is 5.50. The minimum Gasteiger partial charge on any atom is -0.386 e. The zero-order valence-corrected chi connectivity index (χ0v) is 14.6. The quantitative estimate of drug-likeness (QED) is 0.853. The zero-order chi connectivity index (χ0) is 17.3. The molecule has 134 valence electrons. The van der Waals surface area contributed by atoms with Crippen LogP contribution in [0.2, 0.25) is 0 Å². The fourth-order valence-corrected chi connectivity index (χ4v) is 4.00. The van der Waals surface area contributed by atoms with Crippen LogP contribution in [-0.2, 0) is 14.4 Å². The van der Waals surface area contributed by atoms with Gasteiger partial charge in [0, 0.05) is 37.9 Å². The number of hydrogen-bond donors (Lipinski definition) is 1. The van der Waals surface area contributed by atoms with Crippen molar-refractivity contribution in [3.8, 4) is 0 Å². The number of likely N-dealkylation sites (tertiary alicyclic amines) is 1. The van der Waals surface area contributed by atoms with E-state index in [0.717, 1.165) is 19.4 Å². The molecule has 2 fully saturated rings. The number of carbonyl (C=O) groups excluding carboxylic acids is 2. The maximum absolute atomic E-state index is 12.4. The van der Waals surface area contributed by atoms with Crippen molar-refractivity contribution in [1.82, 2.24) is 15.2 Å². The molecular weight excluding hydrogens is 344 g/mol. The zero-order valence-electron chi connectivity index (χ0n) is 13.8. The molecule has 2 atom stereocenters. The number of rotatable bonds is 4. The van der Waals surface area contributed by atoms with Crippen LogP contribution in [0, 0.1) is 0 Å². The highest BCUT2D eigenvalue weighted by molar-refractivity contribution is 7.07. The summed E-state index contributed by atoms with van der Waals surface area (Å²) in [6.07, 6.45) is 3.19. The van der Waals surface area contributed by atoms with Gasteiger partial charge in [0.15, 0.2) is 5.60 Å². The van der Waals surface area contributed by atoms with Crippen LogP contribution in [0.5, 0.6) is 0 Å². The summed E-state index contributed by atoms with van der Waals surface area (Å²) >= 11 is 1.39. The van der Waals surface area contributed by atoms with Crippen LogP contribution < -0.4 is 5.32 Å². The molecular formula is C16H20N4O4S. The van der Waals surface area contributed by atoms with Crippen LogP contribution in [0.3, 0.4) is 0 Å². The summed E-state index contributed by atoms with van der Waals surface area (Å²) in [5.41, 5.74) is 1.91. The molecule has 2 amide bonds. The number of ether oxygens (including phenoxy) is 1. The van der Waals surface area contributed by atoms with Crippen LogP contribution in [0.1, 0.15) is 36.2 Å². The van der Waals surface area contributed by atoms with Gasteiger partial charge < -0.3 is 19.8 Å². The Labute approximate surface area is 149 Å². The molecule has 4 heterocycles. The Hall–Kier alpha value is -2.00. The summed E-state index contributed by atoms with van der Waals surface area (Å²) in [6, 6.07) is 0. The number of aromatic nitrogens is 1. The van der Waals surface area contributed by atoms with Crippen molar-refractivity contribution in [3.05, 3.63) is 16.6 Å². The van der Waals surface area contributed by atoms with Gasteiger partial charge in [0.1, 0.15) is 11.4 Å². The maximum Gasteiger partial charge on any atom is 0.273 e. The predicted molar refractivity (Wildman–Crippen MR) is 90.5 cm³/mol. The monoisotopic (exact) mass is 364 g/mol. The summed E-state index contributed by atoms with van der Waals surface area (Å²) in [6.45, 7) is 2.27. The number of hydrogen-bond acceptors (Lipinski definition) is 7. The standard InChI is InChI=1S/C16H20N4O4S/c21-14(17-7-11-2-1-5-23-11)12-6-16(24-19-12)3-4-20(9-16)15(22)13-8-25-10-18-13/h8,10-11H,1-7,9H2,(H,17,21). The summed E-state index contributed by atoms with van der Waals surface area (Å²) in [4.78, 5) is 36.0. The molecule has 1 N–H and O–H groups in total. The Balaban J connectivity index is 1.30.